The predicted octanol–water partition coefficient (Wildman–Crippen LogP) is 3.83. The first-order valence-corrected chi connectivity index (χ1v) is 12.6. The van der Waals surface area contributed by atoms with E-state index in [0.717, 1.165) is 53.8 Å². The molecule has 31 heavy (non-hydrogen) atoms. The highest BCUT2D eigenvalue weighted by molar-refractivity contribution is 7.91. The second-order valence-electron chi connectivity index (χ2n) is 7.94. The fourth-order valence-corrected chi connectivity index (χ4v) is 7.10. The third kappa shape index (κ3) is 3.79. The van der Waals surface area contributed by atoms with Crippen LogP contribution in [0.1, 0.15) is 50.3 Å². The lowest BCUT2D eigenvalue weighted by molar-refractivity contribution is -0.114. The number of hydrogen-bond donors (Lipinski definition) is 1. The number of imidazole rings is 1. The summed E-state index contributed by atoms with van der Waals surface area (Å²) in [7, 11) is -3.74. The molecule has 0 spiro atoms. The molecule has 0 radical (unpaired) electrons. The lowest BCUT2D eigenvalue weighted by atomic mass is 9.97. The van der Waals surface area contributed by atoms with E-state index in [9.17, 15) is 13.2 Å². The van der Waals surface area contributed by atoms with Crippen LogP contribution in [0.2, 0.25) is 0 Å². The summed E-state index contributed by atoms with van der Waals surface area (Å²) in [4.78, 5) is 19.7. The smallest absolute Gasteiger partial charge is 0.254 e. The van der Waals surface area contributed by atoms with Crippen LogP contribution in [0.3, 0.4) is 0 Å². The Bertz CT molecular complexity index is 1230. The number of nitrogens with one attached hydrogen (secondary N) is 1. The van der Waals surface area contributed by atoms with Crippen molar-refractivity contribution >= 4 is 32.4 Å². The maximum Gasteiger partial charge on any atom is 0.254 e. The highest BCUT2D eigenvalue weighted by atomic mass is 32.2. The summed E-state index contributed by atoms with van der Waals surface area (Å²) in [5.41, 5.74) is 3.06. The van der Waals surface area contributed by atoms with Crippen LogP contribution in [0.15, 0.2) is 47.2 Å². The van der Waals surface area contributed by atoms with Crippen molar-refractivity contribution < 1.29 is 13.2 Å². The van der Waals surface area contributed by atoms with E-state index in [1.807, 2.05) is 30.7 Å². The van der Waals surface area contributed by atoms with Crippen molar-refractivity contribution in [3.63, 3.8) is 0 Å². The molecule has 162 valence electrons. The van der Waals surface area contributed by atoms with Gasteiger partial charge in [-0.3, -0.25) is 4.79 Å². The molecule has 1 aliphatic heterocycles. The number of anilines is 1. The second-order valence-corrected chi connectivity index (χ2v) is 11.1. The molecular formula is C21H23N5O3S2. The summed E-state index contributed by atoms with van der Waals surface area (Å²) < 4.78 is 30.9. The van der Waals surface area contributed by atoms with E-state index in [1.54, 1.807) is 4.31 Å². The molecule has 1 N–H and O–H groups in total. The molecule has 3 heterocycles. The Morgan fingerprint density at radius 2 is 2.00 bits per heavy atom. The van der Waals surface area contributed by atoms with Gasteiger partial charge in [-0.05, 0) is 31.2 Å². The Balaban J connectivity index is 1.51. The Labute approximate surface area is 185 Å². The summed E-state index contributed by atoms with van der Waals surface area (Å²) in [6.07, 6.45) is 8.91. The summed E-state index contributed by atoms with van der Waals surface area (Å²) in [6.45, 7) is 1.83. The van der Waals surface area contributed by atoms with Crippen LogP contribution in [0.25, 0.3) is 11.3 Å². The number of benzene rings is 1. The molecule has 1 amide bonds. The molecule has 1 saturated carbocycles. The topological polar surface area (TPSA) is 97.2 Å². The zero-order chi connectivity index (χ0) is 21.6. The van der Waals surface area contributed by atoms with Crippen molar-refractivity contribution in [3.8, 4) is 11.3 Å². The first kappa shape index (κ1) is 20.3. The molecule has 1 atom stereocenters. The minimum absolute atomic E-state index is 0.142. The highest BCUT2D eigenvalue weighted by Crippen LogP contribution is 2.44. The maximum atomic E-state index is 13.5. The van der Waals surface area contributed by atoms with Gasteiger partial charge in [0.2, 0.25) is 5.91 Å². The van der Waals surface area contributed by atoms with Gasteiger partial charge in [-0.2, -0.15) is 4.31 Å². The zero-order valence-electron chi connectivity index (χ0n) is 17.1. The van der Waals surface area contributed by atoms with Crippen molar-refractivity contribution in [2.75, 3.05) is 11.9 Å². The molecular weight excluding hydrogens is 434 g/mol. The molecule has 1 unspecified atom stereocenters. The number of carbonyl (C=O) groups is 1. The lowest BCUT2D eigenvalue weighted by Gasteiger charge is -2.25. The monoisotopic (exact) mass is 457 g/mol. The number of rotatable bonds is 6. The molecule has 8 nitrogen and oxygen atoms in total. The van der Waals surface area contributed by atoms with Crippen LogP contribution >= 0.6 is 11.3 Å². The molecule has 1 saturated heterocycles. The van der Waals surface area contributed by atoms with Crippen LogP contribution in [-0.4, -0.2) is 39.7 Å². The normalized spacial score (nSPS) is 19.6. The third-order valence-electron chi connectivity index (χ3n) is 5.74. The second kappa shape index (κ2) is 7.85. The first-order chi connectivity index (χ1) is 14.9. The molecule has 5 rings (SSSR count). The van der Waals surface area contributed by atoms with E-state index in [1.165, 1.54) is 13.1 Å². The van der Waals surface area contributed by atoms with Gasteiger partial charge in [0.1, 0.15) is 0 Å². The zero-order valence-corrected chi connectivity index (χ0v) is 18.7. The molecule has 3 aromatic rings. The largest absolute Gasteiger partial charge is 0.327 e. The number of sulfonamides is 1. The Morgan fingerprint density at radius 3 is 2.77 bits per heavy atom. The molecule has 2 fully saturated rings. The molecule has 2 aromatic heterocycles. The highest BCUT2D eigenvalue weighted by Gasteiger charge is 2.39. The van der Waals surface area contributed by atoms with Crippen LogP contribution in [0.5, 0.6) is 0 Å². The number of amides is 1. The van der Waals surface area contributed by atoms with Crippen LogP contribution < -0.4 is 5.32 Å². The van der Waals surface area contributed by atoms with Gasteiger partial charge >= 0.3 is 0 Å². The van der Waals surface area contributed by atoms with Gasteiger partial charge in [0.05, 0.1) is 30.5 Å². The third-order valence-corrected chi connectivity index (χ3v) is 8.99. The van der Waals surface area contributed by atoms with E-state index in [0.29, 0.717) is 12.6 Å². The van der Waals surface area contributed by atoms with Gasteiger partial charge in [0, 0.05) is 25.1 Å². The minimum atomic E-state index is -3.74. The standard InChI is InChI=1S/C21H23N5O3S2/c1-14(27)24-21-23-12-20(30-21)31(28,29)26-10-4-7-18(26)16-5-2-3-6-17(16)19-11-22-13-25(19)15-8-9-15/h2-3,5-6,11-13,15,18H,4,7-10H2,1H3,(H,23,24,27). The molecule has 1 aromatic carbocycles. The summed E-state index contributed by atoms with van der Waals surface area (Å²) in [6, 6.07) is 8.25. The number of nitrogens with zero attached hydrogens (tertiary/aromatic N) is 4. The quantitative estimate of drug-likeness (QED) is 0.607. The van der Waals surface area contributed by atoms with Crippen LogP contribution in [-0.2, 0) is 14.8 Å². The van der Waals surface area contributed by atoms with Crippen LogP contribution in [0.4, 0.5) is 5.13 Å². The molecule has 2 aliphatic rings. The van der Waals surface area contributed by atoms with Gasteiger partial charge in [-0.1, -0.05) is 35.6 Å². The SMILES string of the molecule is CC(=O)Nc1ncc(S(=O)(=O)N2CCCC2c2ccccc2-c2cncn2C2CC2)s1. The maximum absolute atomic E-state index is 13.5. The number of thiazole rings is 1. The number of aromatic nitrogens is 3. The number of hydrogen-bond acceptors (Lipinski definition) is 6. The average Bonchev–Trinajstić information content (AvgIpc) is 3.16. The Morgan fingerprint density at radius 1 is 1.19 bits per heavy atom. The summed E-state index contributed by atoms with van der Waals surface area (Å²) >= 11 is 0.982. The van der Waals surface area contributed by atoms with Gasteiger partial charge in [0.15, 0.2) is 9.34 Å². The van der Waals surface area contributed by atoms with Gasteiger partial charge < -0.3 is 9.88 Å². The van der Waals surface area contributed by atoms with E-state index in [2.05, 4.69) is 25.9 Å². The van der Waals surface area contributed by atoms with E-state index < -0.39 is 10.0 Å². The van der Waals surface area contributed by atoms with Crippen molar-refractivity contribution in [2.24, 2.45) is 0 Å². The fourth-order valence-electron chi connectivity index (χ4n) is 4.22. The Hall–Kier alpha value is -2.56. The van der Waals surface area contributed by atoms with Gasteiger partial charge in [-0.25, -0.2) is 18.4 Å². The average molecular weight is 458 g/mol. The fraction of sp³-hybridized carbons (Fsp3) is 0.381. The lowest BCUT2D eigenvalue weighted by Crippen LogP contribution is -2.30. The minimum Gasteiger partial charge on any atom is -0.327 e. The van der Waals surface area contributed by atoms with Crippen molar-refractivity contribution in [1.82, 2.24) is 18.8 Å². The Kier molecular flexibility index (Phi) is 5.15. The van der Waals surface area contributed by atoms with E-state index in [4.69, 9.17) is 0 Å². The molecule has 1 aliphatic carbocycles. The number of carbonyl (C=O) groups excluding carboxylic acids is 1. The van der Waals surface area contributed by atoms with Crippen molar-refractivity contribution in [1.29, 1.82) is 0 Å². The van der Waals surface area contributed by atoms with E-state index in [-0.39, 0.29) is 21.3 Å². The molecule has 10 heteroatoms. The van der Waals surface area contributed by atoms with Crippen molar-refractivity contribution in [3.05, 3.63) is 48.5 Å². The summed E-state index contributed by atoms with van der Waals surface area (Å²) in [5, 5.41) is 2.84. The summed E-state index contributed by atoms with van der Waals surface area (Å²) in [5.74, 6) is -0.279. The van der Waals surface area contributed by atoms with Crippen LogP contribution in [0, 0.1) is 0 Å². The van der Waals surface area contributed by atoms with Gasteiger partial charge in [0.25, 0.3) is 10.0 Å². The predicted molar refractivity (Wildman–Crippen MR) is 118 cm³/mol. The first-order valence-electron chi connectivity index (χ1n) is 10.3. The van der Waals surface area contributed by atoms with E-state index >= 15 is 0 Å². The molecule has 0 bridgehead atoms. The van der Waals surface area contributed by atoms with Gasteiger partial charge in [-0.15, -0.1) is 0 Å². The van der Waals surface area contributed by atoms with Crippen molar-refractivity contribution in [2.45, 2.75) is 48.9 Å².